The van der Waals surface area contributed by atoms with Crippen LogP contribution >= 0.6 is 11.6 Å². The number of carbonyl (C=O) groups is 1. The standard InChI is InChI=1S/C12H17ClN2O2/c1-9-8-11(17-14-9)12(16)15(7-6-13)10-4-2-3-5-10/h8,10H,2-7H2,1H3. The van der Waals surface area contributed by atoms with Gasteiger partial charge in [-0.05, 0) is 19.8 Å². The van der Waals surface area contributed by atoms with Gasteiger partial charge in [0.15, 0.2) is 0 Å². The summed E-state index contributed by atoms with van der Waals surface area (Å²) in [6, 6.07) is 1.99. The van der Waals surface area contributed by atoms with Crippen molar-refractivity contribution in [1.29, 1.82) is 0 Å². The van der Waals surface area contributed by atoms with Crippen molar-refractivity contribution in [2.45, 2.75) is 38.6 Å². The van der Waals surface area contributed by atoms with Crippen LogP contribution in [-0.4, -0.2) is 34.4 Å². The van der Waals surface area contributed by atoms with Crippen LogP contribution < -0.4 is 0 Å². The lowest BCUT2D eigenvalue weighted by Gasteiger charge is -2.27. The van der Waals surface area contributed by atoms with Crippen molar-refractivity contribution in [2.75, 3.05) is 12.4 Å². The molecule has 1 aromatic rings. The molecule has 2 rings (SSSR count). The SMILES string of the molecule is Cc1cc(C(=O)N(CCCl)C2CCCC2)on1. The summed E-state index contributed by atoms with van der Waals surface area (Å²) in [5, 5.41) is 3.75. The van der Waals surface area contributed by atoms with Crippen molar-refractivity contribution in [1.82, 2.24) is 10.1 Å². The lowest BCUT2D eigenvalue weighted by molar-refractivity contribution is 0.0652. The van der Waals surface area contributed by atoms with E-state index in [9.17, 15) is 4.79 Å². The van der Waals surface area contributed by atoms with Crippen LogP contribution in [0.15, 0.2) is 10.6 Å². The Labute approximate surface area is 106 Å². The van der Waals surface area contributed by atoms with Crippen LogP contribution in [0.1, 0.15) is 41.9 Å². The third-order valence-corrected chi connectivity index (χ3v) is 3.36. The Bertz CT molecular complexity index is 386. The summed E-state index contributed by atoms with van der Waals surface area (Å²) >= 11 is 5.77. The van der Waals surface area contributed by atoms with Crippen LogP contribution in [0, 0.1) is 6.92 Å². The maximum atomic E-state index is 12.3. The van der Waals surface area contributed by atoms with Gasteiger partial charge < -0.3 is 9.42 Å². The summed E-state index contributed by atoms with van der Waals surface area (Å²) in [6.45, 7) is 2.38. The van der Waals surface area contributed by atoms with Crippen LogP contribution in [0.2, 0.25) is 0 Å². The Morgan fingerprint density at radius 3 is 2.82 bits per heavy atom. The van der Waals surface area contributed by atoms with Gasteiger partial charge in [-0.1, -0.05) is 18.0 Å². The van der Waals surface area contributed by atoms with Crippen LogP contribution in [0.4, 0.5) is 0 Å². The van der Waals surface area contributed by atoms with Gasteiger partial charge in [0.2, 0.25) is 5.76 Å². The van der Waals surface area contributed by atoms with E-state index in [-0.39, 0.29) is 5.91 Å². The first-order chi connectivity index (χ1) is 8.22. The van der Waals surface area contributed by atoms with E-state index in [0.717, 1.165) is 18.5 Å². The first kappa shape index (κ1) is 12.4. The molecule has 17 heavy (non-hydrogen) atoms. The van der Waals surface area contributed by atoms with Crippen molar-refractivity contribution >= 4 is 17.5 Å². The van der Waals surface area contributed by atoms with Crippen molar-refractivity contribution < 1.29 is 9.32 Å². The predicted octanol–water partition coefficient (Wildman–Crippen LogP) is 2.61. The van der Waals surface area contributed by atoms with E-state index < -0.39 is 0 Å². The summed E-state index contributed by atoms with van der Waals surface area (Å²) in [6.07, 6.45) is 4.50. The van der Waals surface area contributed by atoms with Gasteiger partial charge in [0.25, 0.3) is 5.91 Å². The Kier molecular flexibility index (Phi) is 4.05. The fourth-order valence-corrected chi connectivity index (χ4v) is 2.54. The third kappa shape index (κ3) is 2.80. The van der Waals surface area contributed by atoms with Crippen molar-refractivity contribution in [2.24, 2.45) is 0 Å². The molecule has 1 amide bonds. The van der Waals surface area contributed by atoms with Crippen molar-refractivity contribution in [3.63, 3.8) is 0 Å². The van der Waals surface area contributed by atoms with E-state index in [1.54, 1.807) is 6.07 Å². The molecule has 0 spiro atoms. The monoisotopic (exact) mass is 256 g/mol. The maximum Gasteiger partial charge on any atom is 0.292 e. The smallest absolute Gasteiger partial charge is 0.292 e. The first-order valence-corrected chi connectivity index (χ1v) is 6.56. The van der Waals surface area contributed by atoms with Gasteiger partial charge in [-0.3, -0.25) is 4.79 Å². The molecular weight excluding hydrogens is 240 g/mol. The molecule has 1 aromatic heterocycles. The van der Waals surface area contributed by atoms with Crippen LogP contribution in [0.5, 0.6) is 0 Å². The molecule has 1 heterocycles. The second-order valence-corrected chi connectivity index (χ2v) is 4.84. The zero-order valence-corrected chi connectivity index (χ0v) is 10.7. The largest absolute Gasteiger partial charge is 0.351 e. The zero-order chi connectivity index (χ0) is 12.3. The second-order valence-electron chi connectivity index (χ2n) is 4.46. The van der Waals surface area contributed by atoms with Crippen molar-refractivity contribution in [3.8, 4) is 0 Å². The molecule has 0 aromatic carbocycles. The number of hydrogen-bond donors (Lipinski definition) is 0. The fourth-order valence-electron chi connectivity index (χ4n) is 2.36. The molecule has 5 heteroatoms. The van der Waals surface area contributed by atoms with E-state index in [1.165, 1.54) is 12.8 Å². The van der Waals surface area contributed by atoms with Gasteiger partial charge >= 0.3 is 0 Å². The molecule has 0 atom stereocenters. The molecule has 94 valence electrons. The van der Waals surface area contributed by atoms with Gasteiger partial charge in [-0.25, -0.2) is 0 Å². The molecule has 1 aliphatic rings. The van der Waals surface area contributed by atoms with Gasteiger partial charge in [0.1, 0.15) is 0 Å². The van der Waals surface area contributed by atoms with E-state index in [4.69, 9.17) is 16.1 Å². The number of hydrogen-bond acceptors (Lipinski definition) is 3. The van der Waals surface area contributed by atoms with Crippen molar-refractivity contribution in [3.05, 3.63) is 17.5 Å². The minimum Gasteiger partial charge on any atom is -0.351 e. The molecule has 0 saturated heterocycles. The molecule has 1 aliphatic carbocycles. The Hall–Kier alpha value is -1.03. The van der Waals surface area contributed by atoms with Gasteiger partial charge in [0, 0.05) is 24.5 Å². The zero-order valence-electron chi connectivity index (χ0n) is 9.99. The van der Waals surface area contributed by atoms with Gasteiger partial charge in [-0.2, -0.15) is 0 Å². The summed E-state index contributed by atoms with van der Waals surface area (Å²) in [4.78, 5) is 14.1. The first-order valence-electron chi connectivity index (χ1n) is 6.02. The number of aryl methyl sites for hydroxylation is 1. The maximum absolute atomic E-state index is 12.3. The summed E-state index contributed by atoms with van der Waals surface area (Å²) in [7, 11) is 0. The van der Waals surface area contributed by atoms with E-state index >= 15 is 0 Å². The topological polar surface area (TPSA) is 46.3 Å². The van der Waals surface area contributed by atoms with E-state index in [1.807, 2.05) is 11.8 Å². The fraction of sp³-hybridized carbons (Fsp3) is 0.667. The average molecular weight is 257 g/mol. The molecule has 1 fully saturated rings. The second kappa shape index (κ2) is 5.54. The molecule has 0 unspecified atom stereocenters. The van der Waals surface area contributed by atoms with Gasteiger partial charge in [0.05, 0.1) is 5.69 Å². The predicted molar refractivity (Wildman–Crippen MR) is 65.3 cm³/mol. The number of nitrogens with zero attached hydrogens (tertiary/aromatic N) is 2. The Balaban J connectivity index is 2.12. The lowest BCUT2D eigenvalue weighted by Crippen LogP contribution is -2.40. The lowest BCUT2D eigenvalue weighted by atomic mass is 10.2. The minimum absolute atomic E-state index is 0.0850. The Morgan fingerprint density at radius 2 is 2.29 bits per heavy atom. The molecule has 4 nitrogen and oxygen atoms in total. The highest BCUT2D eigenvalue weighted by atomic mass is 35.5. The quantitative estimate of drug-likeness (QED) is 0.778. The van der Waals surface area contributed by atoms with Crippen LogP contribution in [0.3, 0.4) is 0 Å². The molecule has 1 saturated carbocycles. The summed E-state index contributed by atoms with van der Waals surface area (Å²) in [5.41, 5.74) is 0.727. The van der Waals surface area contributed by atoms with Crippen LogP contribution in [-0.2, 0) is 0 Å². The molecule has 0 N–H and O–H groups in total. The normalized spacial score (nSPS) is 16.4. The summed E-state index contributed by atoms with van der Waals surface area (Å²) < 4.78 is 5.03. The molecule has 0 radical (unpaired) electrons. The summed E-state index contributed by atoms with van der Waals surface area (Å²) in [5.74, 6) is 0.688. The molecule has 0 aliphatic heterocycles. The molecular formula is C12H17ClN2O2. The van der Waals surface area contributed by atoms with E-state index in [0.29, 0.717) is 24.2 Å². The van der Waals surface area contributed by atoms with Gasteiger partial charge in [-0.15, -0.1) is 11.6 Å². The number of amides is 1. The molecule has 0 bridgehead atoms. The highest BCUT2D eigenvalue weighted by Crippen LogP contribution is 2.25. The highest BCUT2D eigenvalue weighted by Gasteiger charge is 2.28. The highest BCUT2D eigenvalue weighted by molar-refractivity contribution is 6.18. The number of halogens is 1. The number of aromatic nitrogens is 1. The number of rotatable bonds is 4. The average Bonchev–Trinajstić information content (AvgIpc) is 2.95. The number of carbonyl (C=O) groups excluding carboxylic acids is 1. The third-order valence-electron chi connectivity index (χ3n) is 3.19. The minimum atomic E-state index is -0.0850. The van der Waals surface area contributed by atoms with Crippen LogP contribution in [0.25, 0.3) is 0 Å². The Morgan fingerprint density at radius 1 is 1.59 bits per heavy atom. The number of alkyl halides is 1. The van der Waals surface area contributed by atoms with E-state index in [2.05, 4.69) is 5.16 Å².